The van der Waals surface area contributed by atoms with Crippen LogP contribution in [0.5, 0.6) is 0 Å². The molecule has 0 aliphatic rings. The summed E-state index contributed by atoms with van der Waals surface area (Å²) in [7, 11) is 0. The molecule has 1 nitrogen and oxygen atoms in total. The Morgan fingerprint density at radius 1 is 1.22 bits per heavy atom. The summed E-state index contributed by atoms with van der Waals surface area (Å²) in [6.07, 6.45) is 7.05. The van der Waals surface area contributed by atoms with Gasteiger partial charge in [0.15, 0.2) is 0 Å². The second-order valence-corrected chi connectivity index (χ2v) is 3.56. The third-order valence-corrected chi connectivity index (χ3v) is 2.50. The van der Waals surface area contributed by atoms with Crippen LogP contribution in [0, 0.1) is 0 Å². The van der Waals surface area contributed by atoms with Crippen LogP contribution in [0.4, 0.5) is 0 Å². The van der Waals surface area contributed by atoms with E-state index < -0.39 is 0 Å². The van der Waals surface area contributed by atoms with Gasteiger partial charge in [-0.25, -0.2) is 0 Å². The van der Waals surface area contributed by atoms with Gasteiger partial charge in [0.25, 0.3) is 0 Å². The highest BCUT2D eigenvalue weighted by Crippen LogP contribution is 2.15. The maximum absolute atomic E-state index is 8.00. The first-order valence-corrected chi connectivity index (χ1v) is 5.55. The normalized spacial score (nSPS) is 10.8. The number of carbonyl (C=O) groups excluding carboxylic acids is 1. The standard InChI is InChI=1S/C15H18.CH2O.CH4/c1-4-9-15(13(3)5-2)12-14-10-7-6-8-11-14;1-2;/h4-11H,1,12H2,2-3H3;1H2;1H4/b13-5-,15-9-;;. The Balaban J connectivity index is 0. The van der Waals surface area contributed by atoms with E-state index in [0.29, 0.717) is 0 Å². The Hall–Kier alpha value is -1.89. The van der Waals surface area contributed by atoms with Crippen LogP contribution in [-0.4, -0.2) is 6.79 Å². The van der Waals surface area contributed by atoms with E-state index in [1.54, 1.807) is 0 Å². The average molecular weight is 244 g/mol. The number of carbonyl (C=O) groups is 1. The molecular weight excluding hydrogens is 220 g/mol. The van der Waals surface area contributed by atoms with E-state index in [1.165, 1.54) is 16.7 Å². The quantitative estimate of drug-likeness (QED) is 0.698. The molecule has 0 fully saturated rings. The Kier molecular flexibility index (Phi) is 11.9. The fourth-order valence-electron chi connectivity index (χ4n) is 1.47. The van der Waals surface area contributed by atoms with Crippen molar-refractivity contribution in [3.63, 3.8) is 0 Å². The zero-order valence-electron chi connectivity index (χ0n) is 10.6. The topological polar surface area (TPSA) is 17.1 Å². The molecule has 0 aliphatic carbocycles. The molecule has 0 atom stereocenters. The number of benzene rings is 1. The Labute approximate surface area is 112 Å². The van der Waals surface area contributed by atoms with Gasteiger partial charge in [-0.1, -0.05) is 68.1 Å². The third-order valence-electron chi connectivity index (χ3n) is 2.50. The van der Waals surface area contributed by atoms with Gasteiger partial charge in [-0.3, -0.25) is 0 Å². The van der Waals surface area contributed by atoms with Crippen molar-refractivity contribution in [2.75, 3.05) is 0 Å². The number of rotatable bonds is 4. The highest BCUT2D eigenvalue weighted by atomic mass is 16.1. The Morgan fingerprint density at radius 2 is 1.78 bits per heavy atom. The molecule has 0 saturated carbocycles. The molecule has 0 aliphatic heterocycles. The maximum Gasteiger partial charge on any atom is 0.106 e. The van der Waals surface area contributed by atoms with Gasteiger partial charge in [-0.2, -0.15) is 0 Å². The third kappa shape index (κ3) is 6.64. The van der Waals surface area contributed by atoms with E-state index in [9.17, 15) is 0 Å². The SMILES string of the molecule is C.C=C/C=C(Cc1ccccc1)\C(C)=C/C.C=O. The maximum atomic E-state index is 8.00. The minimum absolute atomic E-state index is 0. The van der Waals surface area contributed by atoms with Crippen molar-refractivity contribution in [2.24, 2.45) is 0 Å². The first kappa shape index (κ1) is 18.5. The molecule has 0 bridgehead atoms. The molecule has 0 saturated heterocycles. The first-order valence-electron chi connectivity index (χ1n) is 5.55. The lowest BCUT2D eigenvalue weighted by atomic mass is 9.99. The summed E-state index contributed by atoms with van der Waals surface area (Å²) in [6.45, 7) is 9.96. The fourth-order valence-corrected chi connectivity index (χ4v) is 1.47. The summed E-state index contributed by atoms with van der Waals surface area (Å²) in [5, 5.41) is 0. The molecular formula is C17H24O. The summed E-state index contributed by atoms with van der Waals surface area (Å²) < 4.78 is 0. The van der Waals surface area contributed by atoms with Crippen molar-refractivity contribution in [3.05, 3.63) is 71.8 Å². The molecule has 18 heavy (non-hydrogen) atoms. The summed E-state index contributed by atoms with van der Waals surface area (Å²) in [6, 6.07) is 10.5. The van der Waals surface area contributed by atoms with Crippen molar-refractivity contribution in [3.8, 4) is 0 Å². The molecule has 1 aromatic carbocycles. The summed E-state index contributed by atoms with van der Waals surface area (Å²) in [4.78, 5) is 8.00. The molecule has 0 N–H and O–H groups in total. The Bertz CT molecular complexity index is 385. The van der Waals surface area contributed by atoms with Crippen LogP contribution in [0.2, 0.25) is 0 Å². The van der Waals surface area contributed by atoms with Gasteiger partial charge in [0.1, 0.15) is 6.79 Å². The van der Waals surface area contributed by atoms with E-state index in [-0.39, 0.29) is 7.43 Å². The second-order valence-electron chi connectivity index (χ2n) is 3.56. The zero-order valence-corrected chi connectivity index (χ0v) is 10.6. The van der Waals surface area contributed by atoms with Crippen LogP contribution in [0.15, 0.2) is 66.3 Å². The van der Waals surface area contributed by atoms with E-state index >= 15 is 0 Å². The first-order chi connectivity index (χ1) is 8.27. The van der Waals surface area contributed by atoms with Crippen LogP contribution >= 0.6 is 0 Å². The van der Waals surface area contributed by atoms with Crippen molar-refractivity contribution < 1.29 is 4.79 Å². The predicted octanol–water partition coefficient (Wildman–Crippen LogP) is 4.76. The highest BCUT2D eigenvalue weighted by Gasteiger charge is 1.99. The fraction of sp³-hybridized carbons (Fsp3) is 0.235. The molecule has 0 aromatic heterocycles. The van der Waals surface area contributed by atoms with Gasteiger partial charge in [0.2, 0.25) is 0 Å². The van der Waals surface area contributed by atoms with Crippen LogP contribution in [0.1, 0.15) is 26.8 Å². The smallest absolute Gasteiger partial charge is 0.106 e. The molecule has 0 spiro atoms. The Morgan fingerprint density at radius 3 is 2.22 bits per heavy atom. The lowest BCUT2D eigenvalue weighted by Crippen LogP contribution is -1.91. The minimum Gasteiger partial charge on any atom is -0.307 e. The zero-order chi connectivity index (χ0) is 13.1. The highest BCUT2D eigenvalue weighted by molar-refractivity contribution is 5.36. The monoisotopic (exact) mass is 244 g/mol. The van der Waals surface area contributed by atoms with Gasteiger partial charge >= 0.3 is 0 Å². The molecule has 98 valence electrons. The van der Waals surface area contributed by atoms with Crippen molar-refractivity contribution in [1.82, 2.24) is 0 Å². The molecule has 1 heteroatoms. The van der Waals surface area contributed by atoms with Crippen molar-refractivity contribution in [2.45, 2.75) is 27.7 Å². The van der Waals surface area contributed by atoms with Crippen LogP contribution in [0.25, 0.3) is 0 Å². The lowest BCUT2D eigenvalue weighted by molar-refractivity contribution is -0.0979. The molecule has 0 heterocycles. The average Bonchev–Trinajstić information content (AvgIpc) is 2.41. The summed E-state index contributed by atoms with van der Waals surface area (Å²) in [5.74, 6) is 0. The second kappa shape index (κ2) is 11.6. The van der Waals surface area contributed by atoms with Gasteiger partial charge in [-0.05, 0) is 31.4 Å². The number of hydrogen-bond acceptors (Lipinski definition) is 1. The minimum atomic E-state index is 0. The van der Waals surface area contributed by atoms with Crippen LogP contribution in [0.3, 0.4) is 0 Å². The van der Waals surface area contributed by atoms with E-state index in [0.717, 1.165) is 6.42 Å². The largest absolute Gasteiger partial charge is 0.307 e. The van der Waals surface area contributed by atoms with Crippen molar-refractivity contribution >= 4 is 6.79 Å². The van der Waals surface area contributed by atoms with Gasteiger partial charge in [0.05, 0.1) is 0 Å². The van der Waals surface area contributed by atoms with E-state index in [1.807, 2.05) is 18.9 Å². The summed E-state index contributed by atoms with van der Waals surface area (Å²) in [5.41, 5.74) is 3.99. The van der Waals surface area contributed by atoms with Gasteiger partial charge in [0, 0.05) is 0 Å². The van der Waals surface area contributed by atoms with Crippen LogP contribution < -0.4 is 0 Å². The molecule has 0 radical (unpaired) electrons. The van der Waals surface area contributed by atoms with Gasteiger partial charge in [-0.15, -0.1) is 0 Å². The summed E-state index contributed by atoms with van der Waals surface area (Å²) >= 11 is 0. The molecule has 0 amide bonds. The predicted molar refractivity (Wildman–Crippen MR) is 81.7 cm³/mol. The lowest BCUT2D eigenvalue weighted by Gasteiger charge is -2.07. The van der Waals surface area contributed by atoms with E-state index in [2.05, 4.69) is 56.8 Å². The van der Waals surface area contributed by atoms with Gasteiger partial charge < -0.3 is 4.79 Å². The van der Waals surface area contributed by atoms with Crippen molar-refractivity contribution in [1.29, 1.82) is 0 Å². The molecule has 0 unspecified atom stereocenters. The number of allylic oxidation sites excluding steroid dienone is 5. The number of hydrogen-bond donors (Lipinski definition) is 0. The van der Waals surface area contributed by atoms with E-state index in [4.69, 9.17) is 4.79 Å². The molecule has 1 rings (SSSR count). The molecule has 1 aromatic rings. The van der Waals surface area contributed by atoms with Crippen LogP contribution in [-0.2, 0) is 11.2 Å².